The Kier molecular flexibility index (Phi) is 7.24. The average molecular weight is 403 g/mol. The molecule has 0 bridgehead atoms. The van der Waals surface area contributed by atoms with Crippen molar-refractivity contribution in [3.05, 3.63) is 64.7 Å². The molecule has 0 aliphatic heterocycles. The molecule has 0 unspecified atom stereocenters. The van der Waals surface area contributed by atoms with E-state index in [1.54, 1.807) is 19.1 Å². The van der Waals surface area contributed by atoms with E-state index in [1.165, 1.54) is 15.4 Å². The van der Waals surface area contributed by atoms with Gasteiger partial charge in [-0.3, -0.25) is 9.10 Å². The minimum atomic E-state index is -3.61. The number of hydrogen-bond acceptors (Lipinski definition) is 3. The molecule has 0 aromatic heterocycles. The summed E-state index contributed by atoms with van der Waals surface area (Å²) < 4.78 is 25.9. The summed E-state index contributed by atoms with van der Waals surface area (Å²) in [7, 11) is -3.61. The number of anilines is 1. The Balaban J connectivity index is 2.21. The van der Waals surface area contributed by atoms with Crippen molar-refractivity contribution in [2.45, 2.75) is 53.1 Å². The Morgan fingerprint density at radius 1 is 1.04 bits per heavy atom. The normalized spacial score (nSPS) is 12.5. The molecule has 0 radical (unpaired) electrons. The molecule has 2 rings (SSSR count). The standard InChI is InChI=1S/C22H30N2O3S/c1-6-18-10-11-19(7-2)20(14-18)15-23-22(25)17(4)24(28(5,26)27)21-12-8-16(3)9-13-21/h8-14,17H,6-7,15H2,1-5H3,(H,23,25)/t17-/m1/s1. The van der Waals surface area contributed by atoms with Gasteiger partial charge in [0.15, 0.2) is 0 Å². The fraction of sp³-hybridized carbons (Fsp3) is 0.409. The zero-order chi connectivity index (χ0) is 20.9. The summed E-state index contributed by atoms with van der Waals surface area (Å²) in [6.07, 6.45) is 2.93. The highest BCUT2D eigenvalue weighted by Gasteiger charge is 2.29. The number of aryl methyl sites for hydroxylation is 3. The molecule has 2 aromatic carbocycles. The molecular formula is C22H30N2O3S. The number of carbonyl (C=O) groups is 1. The maximum atomic E-state index is 12.8. The van der Waals surface area contributed by atoms with Gasteiger partial charge >= 0.3 is 0 Å². The third-order valence-corrected chi connectivity index (χ3v) is 6.13. The number of amides is 1. The van der Waals surface area contributed by atoms with Gasteiger partial charge in [0.1, 0.15) is 6.04 Å². The molecule has 5 nitrogen and oxygen atoms in total. The predicted octanol–water partition coefficient (Wildman–Crippen LogP) is 3.59. The van der Waals surface area contributed by atoms with E-state index in [-0.39, 0.29) is 5.91 Å². The third kappa shape index (κ3) is 5.35. The zero-order valence-electron chi connectivity index (χ0n) is 17.3. The lowest BCUT2D eigenvalue weighted by molar-refractivity contribution is -0.122. The van der Waals surface area contributed by atoms with Crippen molar-refractivity contribution < 1.29 is 13.2 Å². The topological polar surface area (TPSA) is 66.5 Å². The molecule has 0 saturated heterocycles. The Morgan fingerprint density at radius 2 is 1.68 bits per heavy atom. The highest BCUT2D eigenvalue weighted by Crippen LogP contribution is 2.21. The largest absolute Gasteiger partial charge is 0.350 e. The maximum Gasteiger partial charge on any atom is 0.243 e. The molecule has 152 valence electrons. The number of nitrogens with one attached hydrogen (secondary N) is 1. The second kappa shape index (κ2) is 9.24. The van der Waals surface area contributed by atoms with Gasteiger partial charge in [-0.1, -0.05) is 49.7 Å². The lowest BCUT2D eigenvalue weighted by Crippen LogP contribution is -2.47. The predicted molar refractivity (Wildman–Crippen MR) is 115 cm³/mol. The Hall–Kier alpha value is -2.34. The minimum Gasteiger partial charge on any atom is -0.350 e. The van der Waals surface area contributed by atoms with Gasteiger partial charge < -0.3 is 5.32 Å². The van der Waals surface area contributed by atoms with Crippen molar-refractivity contribution in [2.75, 3.05) is 10.6 Å². The van der Waals surface area contributed by atoms with Crippen LogP contribution in [-0.2, 0) is 34.2 Å². The second-order valence-electron chi connectivity index (χ2n) is 7.10. The quantitative estimate of drug-likeness (QED) is 0.734. The first-order chi connectivity index (χ1) is 13.2. The average Bonchev–Trinajstić information content (AvgIpc) is 2.66. The van der Waals surface area contributed by atoms with E-state index in [0.717, 1.165) is 30.2 Å². The van der Waals surface area contributed by atoms with Gasteiger partial charge in [-0.05, 0) is 55.5 Å². The number of nitrogens with zero attached hydrogens (tertiary/aromatic N) is 1. The van der Waals surface area contributed by atoms with Gasteiger partial charge in [-0.25, -0.2) is 8.42 Å². The number of sulfonamides is 1. The van der Waals surface area contributed by atoms with Crippen LogP contribution in [0.15, 0.2) is 42.5 Å². The van der Waals surface area contributed by atoms with Crippen LogP contribution in [0.3, 0.4) is 0 Å². The van der Waals surface area contributed by atoms with Gasteiger partial charge in [-0.2, -0.15) is 0 Å². The van der Waals surface area contributed by atoms with Crippen molar-refractivity contribution >= 4 is 21.6 Å². The van der Waals surface area contributed by atoms with E-state index < -0.39 is 16.1 Å². The summed E-state index contributed by atoms with van der Waals surface area (Å²) in [5, 5.41) is 2.91. The number of benzene rings is 2. The molecule has 1 amide bonds. The molecule has 0 fully saturated rings. The van der Waals surface area contributed by atoms with E-state index in [4.69, 9.17) is 0 Å². The number of carbonyl (C=O) groups excluding carboxylic acids is 1. The summed E-state index contributed by atoms with van der Waals surface area (Å²) in [6.45, 7) is 8.10. The zero-order valence-corrected chi connectivity index (χ0v) is 18.1. The molecule has 0 aliphatic carbocycles. The molecule has 1 N–H and O–H groups in total. The van der Waals surface area contributed by atoms with Gasteiger partial charge in [0.25, 0.3) is 0 Å². The summed E-state index contributed by atoms with van der Waals surface area (Å²) in [4.78, 5) is 12.8. The van der Waals surface area contributed by atoms with Crippen LogP contribution in [0.25, 0.3) is 0 Å². The van der Waals surface area contributed by atoms with Gasteiger partial charge in [0, 0.05) is 6.54 Å². The first-order valence-corrected chi connectivity index (χ1v) is 11.5. The summed E-state index contributed by atoms with van der Waals surface area (Å²) in [5.41, 5.74) is 4.98. The molecule has 28 heavy (non-hydrogen) atoms. The van der Waals surface area contributed by atoms with Crippen molar-refractivity contribution in [1.29, 1.82) is 0 Å². The molecule has 6 heteroatoms. The lowest BCUT2D eigenvalue weighted by atomic mass is 10.0. The van der Waals surface area contributed by atoms with Crippen LogP contribution >= 0.6 is 0 Å². The molecule has 1 atom stereocenters. The first-order valence-electron chi connectivity index (χ1n) is 9.61. The number of rotatable bonds is 8. The van der Waals surface area contributed by atoms with E-state index in [1.807, 2.05) is 19.1 Å². The van der Waals surface area contributed by atoms with E-state index in [2.05, 4.69) is 37.4 Å². The van der Waals surface area contributed by atoms with E-state index >= 15 is 0 Å². The molecule has 0 aliphatic rings. The highest BCUT2D eigenvalue weighted by molar-refractivity contribution is 7.92. The monoisotopic (exact) mass is 402 g/mol. The summed E-state index contributed by atoms with van der Waals surface area (Å²) >= 11 is 0. The Bertz CT molecular complexity index is 921. The first kappa shape index (κ1) is 22.0. The SMILES string of the molecule is CCc1ccc(CC)c(CNC(=O)[C@@H](C)N(c2ccc(C)cc2)S(C)(=O)=O)c1. The van der Waals surface area contributed by atoms with E-state index in [0.29, 0.717) is 12.2 Å². The van der Waals surface area contributed by atoms with Crippen molar-refractivity contribution in [3.8, 4) is 0 Å². The third-order valence-electron chi connectivity index (χ3n) is 4.89. The van der Waals surface area contributed by atoms with Crippen molar-refractivity contribution in [2.24, 2.45) is 0 Å². The maximum absolute atomic E-state index is 12.8. The van der Waals surface area contributed by atoms with Crippen LogP contribution in [0.2, 0.25) is 0 Å². The fourth-order valence-corrected chi connectivity index (χ4v) is 4.41. The van der Waals surface area contributed by atoms with Crippen LogP contribution in [0.4, 0.5) is 5.69 Å². The smallest absolute Gasteiger partial charge is 0.243 e. The molecular weight excluding hydrogens is 372 g/mol. The minimum absolute atomic E-state index is 0.324. The van der Waals surface area contributed by atoms with Crippen molar-refractivity contribution in [3.63, 3.8) is 0 Å². The van der Waals surface area contributed by atoms with Crippen LogP contribution in [0.1, 0.15) is 43.0 Å². The van der Waals surface area contributed by atoms with Crippen molar-refractivity contribution in [1.82, 2.24) is 5.32 Å². The molecule has 0 spiro atoms. The van der Waals surface area contributed by atoms with Crippen LogP contribution in [-0.4, -0.2) is 26.6 Å². The van der Waals surface area contributed by atoms with Gasteiger partial charge in [0.2, 0.25) is 15.9 Å². The highest BCUT2D eigenvalue weighted by atomic mass is 32.2. The van der Waals surface area contributed by atoms with Crippen LogP contribution < -0.4 is 9.62 Å². The van der Waals surface area contributed by atoms with E-state index in [9.17, 15) is 13.2 Å². The fourth-order valence-electron chi connectivity index (χ4n) is 3.24. The second-order valence-corrected chi connectivity index (χ2v) is 8.96. The molecule has 2 aromatic rings. The van der Waals surface area contributed by atoms with Gasteiger partial charge in [-0.15, -0.1) is 0 Å². The van der Waals surface area contributed by atoms with Gasteiger partial charge in [0.05, 0.1) is 11.9 Å². The number of hydrogen-bond donors (Lipinski definition) is 1. The Labute approximate surface area is 168 Å². The Morgan fingerprint density at radius 3 is 2.21 bits per heavy atom. The molecule has 0 saturated carbocycles. The molecule has 0 heterocycles. The summed E-state index contributed by atoms with van der Waals surface area (Å²) in [5.74, 6) is -0.324. The van der Waals surface area contributed by atoms with Crippen LogP contribution in [0.5, 0.6) is 0 Å². The summed E-state index contributed by atoms with van der Waals surface area (Å²) in [6, 6.07) is 12.6. The van der Waals surface area contributed by atoms with Crippen LogP contribution in [0, 0.1) is 6.92 Å². The lowest BCUT2D eigenvalue weighted by Gasteiger charge is -2.28.